The Balaban J connectivity index is 1.51. The molecule has 144 valence electrons. The Morgan fingerprint density at radius 2 is 1.81 bits per heavy atom. The van der Waals surface area contributed by atoms with Crippen LogP contribution in [0.2, 0.25) is 0 Å². The third kappa shape index (κ3) is 3.86. The van der Waals surface area contributed by atoms with Gasteiger partial charge < -0.3 is 14.8 Å². The van der Waals surface area contributed by atoms with Gasteiger partial charge in [-0.2, -0.15) is 0 Å². The number of nitrogens with one attached hydrogen (secondary N) is 1. The molecule has 0 saturated carbocycles. The first-order valence-electron chi connectivity index (χ1n) is 8.72. The first kappa shape index (κ1) is 18.7. The summed E-state index contributed by atoms with van der Waals surface area (Å²) in [5.74, 6) is -1.02. The topological polar surface area (TPSA) is 105 Å². The van der Waals surface area contributed by atoms with Crippen molar-refractivity contribution in [3.63, 3.8) is 0 Å². The molecule has 9 nitrogen and oxygen atoms in total. The highest BCUT2D eigenvalue weighted by Crippen LogP contribution is 2.30. The quantitative estimate of drug-likeness (QED) is 0.567. The summed E-state index contributed by atoms with van der Waals surface area (Å²) in [7, 11) is 0. The minimum absolute atomic E-state index is 0.316. The normalized spacial score (nSPS) is 16.3. The molecule has 2 aliphatic rings. The number of imide groups is 2. The van der Waals surface area contributed by atoms with Crippen molar-refractivity contribution in [1.29, 1.82) is 0 Å². The van der Waals surface area contributed by atoms with E-state index in [0.29, 0.717) is 42.6 Å². The molecule has 1 saturated heterocycles. The second-order valence-electron chi connectivity index (χ2n) is 6.52. The maximum atomic E-state index is 12.1. The minimum atomic E-state index is -0.976. The lowest BCUT2D eigenvalue weighted by Gasteiger charge is -2.19. The molecule has 0 atom stereocenters. The maximum Gasteiger partial charge on any atom is 0.334 e. The molecule has 0 unspecified atom stereocenters. The Bertz CT molecular complexity index is 791. The Morgan fingerprint density at radius 1 is 1.11 bits per heavy atom. The predicted octanol–water partition coefficient (Wildman–Crippen LogP) is 0.316. The molecule has 0 spiro atoms. The summed E-state index contributed by atoms with van der Waals surface area (Å²) in [4.78, 5) is 49.5. The first-order chi connectivity index (χ1) is 12.9. The van der Waals surface area contributed by atoms with E-state index < -0.39 is 36.3 Å². The predicted molar refractivity (Wildman–Crippen MR) is 93.2 cm³/mol. The van der Waals surface area contributed by atoms with E-state index >= 15 is 0 Å². The number of hydrogen-bond donors (Lipinski definition) is 1. The Morgan fingerprint density at radius 3 is 2.48 bits per heavy atom. The van der Waals surface area contributed by atoms with E-state index in [4.69, 9.17) is 9.47 Å². The van der Waals surface area contributed by atoms with Crippen molar-refractivity contribution in [3.8, 4) is 11.5 Å². The van der Waals surface area contributed by atoms with Gasteiger partial charge in [-0.1, -0.05) is 6.07 Å². The monoisotopic (exact) mass is 375 g/mol. The van der Waals surface area contributed by atoms with Gasteiger partial charge in [-0.3, -0.25) is 19.3 Å². The van der Waals surface area contributed by atoms with Gasteiger partial charge in [-0.05, 0) is 38.0 Å². The van der Waals surface area contributed by atoms with Gasteiger partial charge in [0, 0.05) is 12.6 Å². The van der Waals surface area contributed by atoms with Crippen LogP contribution >= 0.6 is 0 Å². The van der Waals surface area contributed by atoms with E-state index in [0.717, 1.165) is 10.5 Å². The van der Waals surface area contributed by atoms with Crippen LogP contribution < -0.4 is 14.8 Å². The van der Waals surface area contributed by atoms with Crippen LogP contribution in [-0.2, 0) is 20.8 Å². The summed E-state index contributed by atoms with van der Waals surface area (Å²) in [5.41, 5.74) is 0.953. The van der Waals surface area contributed by atoms with E-state index in [-0.39, 0.29) is 0 Å². The van der Waals surface area contributed by atoms with E-state index in [2.05, 4.69) is 5.32 Å². The zero-order valence-corrected chi connectivity index (χ0v) is 15.2. The van der Waals surface area contributed by atoms with Crippen molar-refractivity contribution in [2.45, 2.75) is 26.3 Å². The molecular weight excluding hydrogens is 354 g/mol. The lowest BCUT2D eigenvalue weighted by Crippen LogP contribution is -2.42. The van der Waals surface area contributed by atoms with Crippen LogP contribution in [0.15, 0.2) is 18.2 Å². The molecule has 9 heteroatoms. The van der Waals surface area contributed by atoms with E-state index in [9.17, 15) is 19.2 Å². The Labute approximate surface area is 156 Å². The number of hydrogen-bond acceptors (Lipinski definition) is 6. The third-order valence-corrected chi connectivity index (χ3v) is 4.24. The van der Waals surface area contributed by atoms with Crippen molar-refractivity contribution in [2.75, 3.05) is 26.3 Å². The fourth-order valence-corrected chi connectivity index (χ4v) is 2.91. The van der Waals surface area contributed by atoms with Crippen molar-refractivity contribution in [2.24, 2.45) is 0 Å². The number of fused-ring (bicyclic) bond motifs is 1. The summed E-state index contributed by atoms with van der Waals surface area (Å²) in [5, 5.41) is 2.65. The van der Waals surface area contributed by atoms with E-state index in [1.54, 1.807) is 13.8 Å². The third-order valence-electron chi connectivity index (χ3n) is 4.24. The highest BCUT2D eigenvalue weighted by atomic mass is 16.6. The van der Waals surface area contributed by atoms with Crippen molar-refractivity contribution < 1.29 is 28.7 Å². The molecule has 1 N–H and O–H groups in total. The van der Waals surface area contributed by atoms with Crippen LogP contribution in [0.5, 0.6) is 11.5 Å². The Hall–Kier alpha value is -3.10. The van der Waals surface area contributed by atoms with Gasteiger partial charge in [0.2, 0.25) is 5.91 Å². The summed E-state index contributed by atoms with van der Waals surface area (Å²) in [6.07, 6.45) is 0.543. The average Bonchev–Trinajstić information content (AvgIpc) is 2.85. The van der Waals surface area contributed by atoms with Gasteiger partial charge in [0.05, 0.1) is 0 Å². The average molecular weight is 375 g/mol. The number of ether oxygens (including phenoxy) is 2. The number of rotatable bonds is 6. The largest absolute Gasteiger partial charge is 0.486 e. The number of carbonyl (C=O) groups is 4. The molecule has 1 fully saturated rings. The number of urea groups is 1. The summed E-state index contributed by atoms with van der Waals surface area (Å²) < 4.78 is 11.0. The van der Waals surface area contributed by atoms with Crippen LogP contribution in [0.3, 0.4) is 0 Å². The summed E-state index contributed by atoms with van der Waals surface area (Å²) >= 11 is 0. The second-order valence-corrected chi connectivity index (χ2v) is 6.52. The SMILES string of the molecule is CC(C)N1C(=O)C(=O)N(CC(=O)NCCc2ccc3c(c2)OCCO3)C1=O. The van der Waals surface area contributed by atoms with Gasteiger partial charge in [-0.15, -0.1) is 0 Å². The smallest absolute Gasteiger partial charge is 0.334 e. The van der Waals surface area contributed by atoms with Crippen molar-refractivity contribution in [3.05, 3.63) is 23.8 Å². The van der Waals surface area contributed by atoms with E-state index in [1.807, 2.05) is 18.2 Å². The molecule has 3 rings (SSSR count). The molecule has 5 amide bonds. The number of benzene rings is 1. The first-order valence-corrected chi connectivity index (χ1v) is 8.72. The molecule has 1 aromatic carbocycles. The number of amides is 5. The van der Waals surface area contributed by atoms with Gasteiger partial charge in [0.25, 0.3) is 0 Å². The highest BCUT2D eigenvalue weighted by Gasteiger charge is 2.46. The van der Waals surface area contributed by atoms with Crippen LogP contribution in [0.1, 0.15) is 19.4 Å². The second kappa shape index (κ2) is 7.65. The van der Waals surface area contributed by atoms with Gasteiger partial charge >= 0.3 is 17.8 Å². The molecule has 2 aliphatic heterocycles. The molecule has 1 aromatic rings. The molecule has 0 radical (unpaired) electrons. The maximum absolute atomic E-state index is 12.1. The zero-order valence-electron chi connectivity index (χ0n) is 15.2. The van der Waals surface area contributed by atoms with Crippen molar-refractivity contribution >= 4 is 23.8 Å². The molecule has 2 heterocycles. The fraction of sp³-hybridized carbons (Fsp3) is 0.444. The standard InChI is InChI=1S/C18H21N3O6/c1-11(2)21-17(24)16(23)20(18(21)25)10-15(22)19-6-5-12-3-4-13-14(9-12)27-8-7-26-13/h3-4,9,11H,5-8,10H2,1-2H3,(H,19,22). The molecule has 27 heavy (non-hydrogen) atoms. The van der Waals surface area contributed by atoms with E-state index in [1.165, 1.54) is 0 Å². The van der Waals surface area contributed by atoms with Gasteiger partial charge in [0.15, 0.2) is 11.5 Å². The number of carbonyl (C=O) groups excluding carboxylic acids is 4. The molecule has 0 bridgehead atoms. The Kier molecular flexibility index (Phi) is 5.29. The van der Waals surface area contributed by atoms with Crippen LogP contribution in [-0.4, -0.2) is 65.9 Å². The van der Waals surface area contributed by atoms with Crippen LogP contribution in [0, 0.1) is 0 Å². The lowest BCUT2D eigenvalue weighted by atomic mass is 10.1. The highest BCUT2D eigenvalue weighted by molar-refractivity contribution is 6.45. The zero-order chi connectivity index (χ0) is 19.6. The van der Waals surface area contributed by atoms with Gasteiger partial charge in [-0.25, -0.2) is 9.69 Å². The molecular formula is C18H21N3O6. The van der Waals surface area contributed by atoms with Gasteiger partial charge in [0.1, 0.15) is 19.8 Å². The molecule has 0 aromatic heterocycles. The minimum Gasteiger partial charge on any atom is -0.486 e. The molecule has 0 aliphatic carbocycles. The lowest BCUT2D eigenvalue weighted by molar-refractivity contribution is -0.144. The fourth-order valence-electron chi connectivity index (χ4n) is 2.91. The summed E-state index contributed by atoms with van der Waals surface area (Å²) in [6, 6.07) is 4.35. The number of nitrogens with zero attached hydrogens (tertiary/aromatic N) is 2. The summed E-state index contributed by atoms with van der Waals surface area (Å²) in [6.45, 7) is 4.11. The van der Waals surface area contributed by atoms with Crippen molar-refractivity contribution in [1.82, 2.24) is 15.1 Å². The van der Waals surface area contributed by atoms with Crippen LogP contribution in [0.25, 0.3) is 0 Å². The van der Waals surface area contributed by atoms with Crippen LogP contribution in [0.4, 0.5) is 4.79 Å².